The fourth-order valence-corrected chi connectivity index (χ4v) is 2.08. The van der Waals surface area contributed by atoms with Crippen LogP contribution in [0.3, 0.4) is 0 Å². The number of nitrogens with one attached hydrogen (secondary N) is 1. The van der Waals surface area contributed by atoms with Gasteiger partial charge in [-0.25, -0.2) is 10.2 Å². The zero-order chi connectivity index (χ0) is 10.7. The van der Waals surface area contributed by atoms with Gasteiger partial charge in [0.2, 0.25) is 0 Å². The number of nitrogens with zero attached hydrogens (tertiary/aromatic N) is 1. The van der Waals surface area contributed by atoms with Gasteiger partial charge in [-0.2, -0.15) is 5.10 Å². The van der Waals surface area contributed by atoms with Crippen molar-refractivity contribution in [1.29, 1.82) is 0 Å². The van der Waals surface area contributed by atoms with Crippen LogP contribution in [0.25, 0.3) is 0 Å². The fraction of sp³-hybridized carbons (Fsp3) is 0.800. The molecule has 80 valence electrons. The van der Waals surface area contributed by atoms with Crippen molar-refractivity contribution in [2.24, 2.45) is 28.6 Å². The Labute approximate surface area is 84.9 Å². The monoisotopic (exact) mass is 197 g/mol. The van der Waals surface area contributed by atoms with E-state index in [0.717, 1.165) is 18.6 Å². The summed E-state index contributed by atoms with van der Waals surface area (Å²) in [6.07, 6.45) is 2.32. The highest BCUT2D eigenvalue weighted by Gasteiger charge is 2.31. The van der Waals surface area contributed by atoms with Crippen LogP contribution in [0.5, 0.6) is 0 Å². The molecule has 0 bridgehead atoms. The smallest absolute Gasteiger partial charge is 0.332 e. The number of urea groups is 1. The van der Waals surface area contributed by atoms with E-state index in [0.29, 0.717) is 17.8 Å². The van der Waals surface area contributed by atoms with Gasteiger partial charge in [0.05, 0.1) is 0 Å². The first-order valence-corrected chi connectivity index (χ1v) is 5.15. The van der Waals surface area contributed by atoms with Crippen LogP contribution in [-0.2, 0) is 0 Å². The van der Waals surface area contributed by atoms with Crippen LogP contribution in [0.1, 0.15) is 33.6 Å². The van der Waals surface area contributed by atoms with Gasteiger partial charge in [-0.05, 0) is 24.7 Å². The summed E-state index contributed by atoms with van der Waals surface area (Å²) in [6.45, 7) is 6.51. The predicted octanol–water partition coefficient (Wildman–Crippen LogP) is 1.71. The second kappa shape index (κ2) is 4.44. The normalized spacial score (nSPS) is 29.9. The summed E-state index contributed by atoms with van der Waals surface area (Å²) in [6, 6.07) is -0.584. The number of carbonyl (C=O) groups excluding carboxylic acids is 1. The molecule has 3 N–H and O–H groups in total. The lowest BCUT2D eigenvalue weighted by Crippen LogP contribution is -2.28. The highest BCUT2D eigenvalue weighted by molar-refractivity contribution is 5.91. The largest absolute Gasteiger partial charge is 0.350 e. The summed E-state index contributed by atoms with van der Waals surface area (Å²) in [5, 5.41) is 4.10. The first kappa shape index (κ1) is 11.0. The van der Waals surface area contributed by atoms with E-state index in [-0.39, 0.29) is 0 Å². The number of hydrogen-bond acceptors (Lipinski definition) is 2. The van der Waals surface area contributed by atoms with Crippen molar-refractivity contribution >= 4 is 11.7 Å². The van der Waals surface area contributed by atoms with Gasteiger partial charge in [-0.1, -0.05) is 20.8 Å². The molecule has 14 heavy (non-hydrogen) atoms. The van der Waals surface area contributed by atoms with Gasteiger partial charge < -0.3 is 5.73 Å². The molecule has 0 unspecified atom stereocenters. The van der Waals surface area contributed by atoms with Gasteiger partial charge in [0.25, 0.3) is 0 Å². The summed E-state index contributed by atoms with van der Waals surface area (Å²) in [5.74, 6) is 1.54. The molecule has 0 aromatic heterocycles. The third kappa shape index (κ3) is 2.47. The van der Waals surface area contributed by atoms with Gasteiger partial charge in [-0.15, -0.1) is 0 Å². The average Bonchev–Trinajstić information content (AvgIpc) is 2.43. The molecule has 2 amide bonds. The third-order valence-corrected chi connectivity index (χ3v) is 2.90. The van der Waals surface area contributed by atoms with Crippen molar-refractivity contribution in [1.82, 2.24) is 5.43 Å². The van der Waals surface area contributed by atoms with Crippen LogP contribution in [0.4, 0.5) is 4.79 Å². The Bertz CT molecular complexity index is 248. The van der Waals surface area contributed by atoms with Gasteiger partial charge >= 0.3 is 6.03 Å². The molecule has 0 aromatic rings. The van der Waals surface area contributed by atoms with Gasteiger partial charge in [0.1, 0.15) is 0 Å². The van der Waals surface area contributed by atoms with Crippen molar-refractivity contribution in [2.75, 3.05) is 0 Å². The lowest BCUT2D eigenvalue weighted by Gasteiger charge is -2.16. The highest BCUT2D eigenvalue weighted by atomic mass is 16.2. The maximum Gasteiger partial charge on any atom is 0.332 e. The molecule has 0 radical (unpaired) electrons. The standard InChI is InChI=1S/C10H19N3O/c1-6(2)8-5-4-7(3)9(8)12-13-10(11)14/h6-8H,4-5H2,1-3H3,(H3,11,13,14)/b12-9+/t7-,8+/m0/s1. The summed E-state index contributed by atoms with van der Waals surface area (Å²) < 4.78 is 0. The maximum atomic E-state index is 10.5. The lowest BCUT2D eigenvalue weighted by molar-refractivity contribution is 0.249. The Morgan fingerprint density at radius 1 is 1.57 bits per heavy atom. The molecule has 1 rings (SSSR count). The molecule has 0 heterocycles. The maximum absolute atomic E-state index is 10.5. The van der Waals surface area contributed by atoms with E-state index in [4.69, 9.17) is 5.73 Å². The Balaban J connectivity index is 2.71. The molecule has 2 atom stereocenters. The first-order valence-electron chi connectivity index (χ1n) is 5.15. The fourth-order valence-electron chi connectivity index (χ4n) is 2.08. The summed E-state index contributed by atoms with van der Waals surface area (Å²) in [5.41, 5.74) is 8.41. The van der Waals surface area contributed by atoms with E-state index in [9.17, 15) is 4.79 Å². The molecule has 1 saturated carbocycles. The molecular formula is C10H19N3O. The van der Waals surface area contributed by atoms with E-state index in [2.05, 4.69) is 31.3 Å². The van der Waals surface area contributed by atoms with E-state index in [1.165, 1.54) is 0 Å². The number of hydrogen-bond donors (Lipinski definition) is 2. The molecule has 1 fully saturated rings. The number of rotatable bonds is 2. The number of carbonyl (C=O) groups is 1. The van der Waals surface area contributed by atoms with Crippen LogP contribution in [0.2, 0.25) is 0 Å². The van der Waals surface area contributed by atoms with Crippen molar-refractivity contribution in [2.45, 2.75) is 33.6 Å². The Kier molecular flexibility index (Phi) is 3.49. The number of hydrazone groups is 1. The van der Waals surface area contributed by atoms with Crippen LogP contribution >= 0.6 is 0 Å². The molecule has 1 aliphatic rings. The molecule has 0 spiro atoms. The van der Waals surface area contributed by atoms with E-state index in [1.54, 1.807) is 0 Å². The van der Waals surface area contributed by atoms with Gasteiger partial charge in [-0.3, -0.25) is 0 Å². The minimum Gasteiger partial charge on any atom is -0.350 e. The van der Waals surface area contributed by atoms with Crippen LogP contribution < -0.4 is 11.2 Å². The predicted molar refractivity (Wildman–Crippen MR) is 56.9 cm³/mol. The van der Waals surface area contributed by atoms with Crippen LogP contribution in [0, 0.1) is 17.8 Å². The molecular weight excluding hydrogens is 178 g/mol. The van der Waals surface area contributed by atoms with Crippen molar-refractivity contribution in [3.05, 3.63) is 0 Å². The lowest BCUT2D eigenvalue weighted by atomic mass is 9.92. The number of primary amides is 1. The Morgan fingerprint density at radius 2 is 2.21 bits per heavy atom. The van der Waals surface area contributed by atoms with Crippen molar-refractivity contribution < 1.29 is 4.79 Å². The number of nitrogens with two attached hydrogens (primary N) is 1. The molecule has 4 nitrogen and oxygen atoms in total. The van der Waals surface area contributed by atoms with Gasteiger partial charge in [0.15, 0.2) is 0 Å². The molecule has 4 heteroatoms. The molecule has 0 saturated heterocycles. The zero-order valence-corrected chi connectivity index (χ0v) is 9.08. The second-order valence-electron chi connectivity index (χ2n) is 4.34. The Morgan fingerprint density at radius 3 is 2.71 bits per heavy atom. The van der Waals surface area contributed by atoms with Crippen molar-refractivity contribution in [3.63, 3.8) is 0 Å². The topological polar surface area (TPSA) is 67.5 Å². The minimum absolute atomic E-state index is 0.467. The minimum atomic E-state index is -0.584. The second-order valence-corrected chi connectivity index (χ2v) is 4.34. The summed E-state index contributed by atoms with van der Waals surface area (Å²) in [7, 11) is 0. The molecule has 0 aromatic carbocycles. The van der Waals surface area contributed by atoms with Crippen LogP contribution in [-0.4, -0.2) is 11.7 Å². The Hall–Kier alpha value is -1.06. The SMILES string of the molecule is CC(C)[C@H]1CC[C@H](C)/C1=N\NC(N)=O. The summed E-state index contributed by atoms with van der Waals surface area (Å²) >= 11 is 0. The number of amides is 2. The highest BCUT2D eigenvalue weighted by Crippen LogP contribution is 2.32. The van der Waals surface area contributed by atoms with Gasteiger partial charge in [0, 0.05) is 11.6 Å². The van der Waals surface area contributed by atoms with E-state index < -0.39 is 6.03 Å². The molecule has 1 aliphatic carbocycles. The summed E-state index contributed by atoms with van der Waals surface area (Å²) in [4.78, 5) is 10.5. The first-order chi connectivity index (χ1) is 6.52. The third-order valence-electron chi connectivity index (χ3n) is 2.90. The van der Waals surface area contributed by atoms with Crippen molar-refractivity contribution in [3.8, 4) is 0 Å². The van der Waals surface area contributed by atoms with E-state index >= 15 is 0 Å². The quantitative estimate of drug-likeness (QED) is 0.650. The molecule has 0 aliphatic heterocycles. The average molecular weight is 197 g/mol. The van der Waals surface area contributed by atoms with E-state index in [1.807, 2.05) is 0 Å². The van der Waals surface area contributed by atoms with Crippen LogP contribution in [0.15, 0.2) is 5.10 Å². The zero-order valence-electron chi connectivity index (χ0n) is 9.08.